The van der Waals surface area contributed by atoms with E-state index in [0.29, 0.717) is 0 Å². The number of alkyl halides is 3. The van der Waals surface area contributed by atoms with E-state index in [0.717, 1.165) is 30.4 Å². The second-order valence-corrected chi connectivity index (χ2v) is 4.84. The van der Waals surface area contributed by atoms with Gasteiger partial charge in [0.25, 0.3) is 0 Å². The summed E-state index contributed by atoms with van der Waals surface area (Å²) in [7, 11) is 0. The van der Waals surface area contributed by atoms with Gasteiger partial charge in [-0.25, -0.2) is 0 Å². The molecule has 2 unspecified atom stereocenters. The number of nitrogens with two attached hydrogens (primary N) is 1. The summed E-state index contributed by atoms with van der Waals surface area (Å²) in [6.45, 7) is 0. The van der Waals surface area contributed by atoms with Gasteiger partial charge in [-0.3, -0.25) is 0 Å². The lowest BCUT2D eigenvalue weighted by Gasteiger charge is -2.12. The summed E-state index contributed by atoms with van der Waals surface area (Å²) in [4.78, 5) is 0. The van der Waals surface area contributed by atoms with Gasteiger partial charge in [0.1, 0.15) is 0 Å². The lowest BCUT2D eigenvalue weighted by molar-refractivity contribution is -0.137. The average molecular weight is 227 g/mol. The topological polar surface area (TPSA) is 26.0 Å². The van der Waals surface area contributed by atoms with Gasteiger partial charge < -0.3 is 5.73 Å². The molecule has 4 heteroatoms. The van der Waals surface area contributed by atoms with Gasteiger partial charge >= 0.3 is 6.18 Å². The predicted octanol–water partition coefficient (Wildman–Crippen LogP) is 2.62. The molecule has 1 spiro atoms. The van der Waals surface area contributed by atoms with Crippen molar-refractivity contribution in [3.05, 3.63) is 34.9 Å². The van der Waals surface area contributed by atoms with Gasteiger partial charge in [0.05, 0.1) is 5.56 Å². The molecule has 2 atom stereocenters. The minimum atomic E-state index is -4.24. The molecule has 1 fully saturated rings. The van der Waals surface area contributed by atoms with Gasteiger partial charge in [-0.15, -0.1) is 0 Å². The van der Waals surface area contributed by atoms with Crippen LogP contribution in [0.25, 0.3) is 0 Å². The Kier molecular flexibility index (Phi) is 1.78. The summed E-state index contributed by atoms with van der Waals surface area (Å²) in [6, 6.07) is 4.23. The fourth-order valence-corrected chi connectivity index (χ4v) is 2.89. The van der Waals surface area contributed by atoms with Crippen LogP contribution in [0, 0.1) is 0 Å². The predicted molar refractivity (Wildman–Crippen MR) is 54.0 cm³/mol. The number of rotatable bonds is 0. The Morgan fingerprint density at radius 2 is 2.00 bits per heavy atom. The Balaban J connectivity index is 2.04. The van der Waals surface area contributed by atoms with Crippen LogP contribution in [0.2, 0.25) is 0 Å². The number of fused-ring (bicyclic) bond motifs is 2. The van der Waals surface area contributed by atoms with Crippen LogP contribution in [0.1, 0.15) is 29.5 Å². The average Bonchev–Trinajstić information content (AvgIpc) is 2.69. The minimum Gasteiger partial charge on any atom is -0.327 e. The molecule has 2 aliphatic carbocycles. The SMILES string of the molecule is NC1CC12CCc1cc(C(F)(F)F)ccc12. The molecule has 16 heavy (non-hydrogen) atoms. The van der Waals surface area contributed by atoms with Crippen molar-refractivity contribution in [2.24, 2.45) is 5.73 Å². The summed E-state index contributed by atoms with van der Waals surface area (Å²) in [5, 5.41) is 0. The number of halogens is 3. The lowest BCUT2D eigenvalue weighted by atomic mass is 9.96. The van der Waals surface area contributed by atoms with Crippen molar-refractivity contribution in [3.63, 3.8) is 0 Å². The van der Waals surface area contributed by atoms with E-state index in [2.05, 4.69) is 0 Å². The van der Waals surface area contributed by atoms with E-state index in [4.69, 9.17) is 5.73 Å². The first-order valence-electron chi connectivity index (χ1n) is 5.40. The van der Waals surface area contributed by atoms with Crippen LogP contribution in [-0.2, 0) is 18.0 Å². The molecule has 0 aromatic heterocycles. The lowest BCUT2D eigenvalue weighted by Crippen LogP contribution is -2.15. The highest BCUT2D eigenvalue weighted by Gasteiger charge is 2.56. The van der Waals surface area contributed by atoms with Crippen molar-refractivity contribution >= 4 is 0 Å². The van der Waals surface area contributed by atoms with Crippen LogP contribution in [0.15, 0.2) is 18.2 Å². The minimum absolute atomic E-state index is 0.0134. The molecule has 1 nitrogen and oxygen atoms in total. The Labute approximate surface area is 91.4 Å². The van der Waals surface area contributed by atoms with E-state index in [1.54, 1.807) is 6.07 Å². The largest absolute Gasteiger partial charge is 0.416 e. The molecule has 0 aliphatic heterocycles. The van der Waals surface area contributed by atoms with Crippen molar-refractivity contribution in [1.29, 1.82) is 0 Å². The van der Waals surface area contributed by atoms with Crippen molar-refractivity contribution in [2.45, 2.75) is 36.9 Å². The maximum atomic E-state index is 12.5. The van der Waals surface area contributed by atoms with Crippen LogP contribution in [0.5, 0.6) is 0 Å². The quantitative estimate of drug-likeness (QED) is 0.724. The molecule has 1 aromatic rings. The van der Waals surface area contributed by atoms with E-state index in [-0.39, 0.29) is 11.5 Å². The molecule has 2 aliphatic rings. The Morgan fingerprint density at radius 3 is 2.56 bits per heavy atom. The third-order valence-electron chi connectivity index (χ3n) is 3.94. The zero-order chi connectivity index (χ0) is 11.6. The highest BCUT2D eigenvalue weighted by atomic mass is 19.4. The van der Waals surface area contributed by atoms with Gasteiger partial charge in [0.2, 0.25) is 0 Å². The van der Waals surface area contributed by atoms with E-state index < -0.39 is 11.7 Å². The monoisotopic (exact) mass is 227 g/mol. The summed E-state index contributed by atoms with van der Waals surface area (Å²) in [6.07, 6.45) is -1.68. The molecule has 3 rings (SSSR count). The first-order chi connectivity index (χ1) is 7.43. The van der Waals surface area contributed by atoms with Gasteiger partial charge in [0, 0.05) is 11.5 Å². The molecule has 1 saturated carbocycles. The zero-order valence-electron chi connectivity index (χ0n) is 8.64. The molecule has 2 N–H and O–H groups in total. The summed E-state index contributed by atoms with van der Waals surface area (Å²) >= 11 is 0. The van der Waals surface area contributed by atoms with E-state index in [1.807, 2.05) is 0 Å². The number of benzene rings is 1. The van der Waals surface area contributed by atoms with Gasteiger partial charge in [-0.1, -0.05) is 6.07 Å². The molecular formula is C12H12F3N. The summed E-state index contributed by atoms with van der Waals surface area (Å²) in [5.74, 6) is 0. The second kappa shape index (κ2) is 2.80. The normalized spacial score (nSPS) is 31.9. The number of hydrogen-bond acceptors (Lipinski definition) is 1. The first kappa shape index (κ1) is 10.1. The van der Waals surface area contributed by atoms with Crippen molar-refractivity contribution in [3.8, 4) is 0 Å². The Morgan fingerprint density at radius 1 is 1.31 bits per heavy atom. The van der Waals surface area contributed by atoms with Crippen LogP contribution >= 0.6 is 0 Å². The summed E-state index contributed by atoms with van der Waals surface area (Å²) in [5.41, 5.74) is 7.23. The van der Waals surface area contributed by atoms with Crippen LogP contribution < -0.4 is 5.73 Å². The number of aryl methyl sites for hydroxylation is 1. The molecular weight excluding hydrogens is 215 g/mol. The maximum absolute atomic E-state index is 12.5. The fraction of sp³-hybridized carbons (Fsp3) is 0.500. The molecule has 0 amide bonds. The van der Waals surface area contributed by atoms with E-state index >= 15 is 0 Å². The van der Waals surface area contributed by atoms with Gasteiger partial charge in [-0.05, 0) is 42.5 Å². The Bertz CT molecular complexity index is 452. The second-order valence-electron chi connectivity index (χ2n) is 4.84. The smallest absolute Gasteiger partial charge is 0.327 e. The third-order valence-corrected chi connectivity index (χ3v) is 3.94. The maximum Gasteiger partial charge on any atom is 0.416 e. The molecule has 86 valence electrons. The van der Waals surface area contributed by atoms with Crippen LogP contribution in [-0.4, -0.2) is 6.04 Å². The first-order valence-corrected chi connectivity index (χ1v) is 5.40. The third kappa shape index (κ3) is 1.22. The molecule has 0 heterocycles. The molecule has 0 radical (unpaired) electrons. The van der Waals surface area contributed by atoms with Crippen molar-refractivity contribution in [2.75, 3.05) is 0 Å². The van der Waals surface area contributed by atoms with Crippen LogP contribution in [0.3, 0.4) is 0 Å². The highest BCUT2D eigenvalue weighted by molar-refractivity contribution is 5.48. The fourth-order valence-electron chi connectivity index (χ4n) is 2.89. The highest BCUT2D eigenvalue weighted by Crippen LogP contribution is 2.56. The van der Waals surface area contributed by atoms with E-state index in [9.17, 15) is 13.2 Å². The Hall–Kier alpha value is -1.03. The molecule has 1 aromatic carbocycles. The zero-order valence-corrected chi connectivity index (χ0v) is 8.64. The van der Waals surface area contributed by atoms with Gasteiger partial charge in [-0.2, -0.15) is 13.2 Å². The van der Waals surface area contributed by atoms with Crippen LogP contribution in [0.4, 0.5) is 13.2 Å². The van der Waals surface area contributed by atoms with Crippen molar-refractivity contribution in [1.82, 2.24) is 0 Å². The molecule has 0 bridgehead atoms. The van der Waals surface area contributed by atoms with Gasteiger partial charge in [0.15, 0.2) is 0 Å². The number of hydrogen-bond donors (Lipinski definition) is 1. The van der Waals surface area contributed by atoms with Crippen molar-refractivity contribution < 1.29 is 13.2 Å². The summed E-state index contributed by atoms with van der Waals surface area (Å²) < 4.78 is 37.5. The van der Waals surface area contributed by atoms with E-state index in [1.165, 1.54) is 12.1 Å². The standard InChI is InChI=1S/C12H12F3N/c13-12(14,15)8-1-2-9-7(5-8)3-4-11(9)6-10(11)16/h1-2,5,10H,3-4,6,16H2. The molecule has 0 saturated heterocycles.